The van der Waals surface area contributed by atoms with Gasteiger partial charge in [-0.05, 0) is 35.5 Å². The van der Waals surface area contributed by atoms with Gasteiger partial charge in [-0.25, -0.2) is 0 Å². The Hall–Kier alpha value is -2.31. The van der Waals surface area contributed by atoms with Crippen molar-refractivity contribution in [1.82, 2.24) is 10.2 Å². The van der Waals surface area contributed by atoms with E-state index in [1.54, 1.807) is 18.2 Å². The summed E-state index contributed by atoms with van der Waals surface area (Å²) in [5.74, 6) is -0.130. The molecule has 0 radical (unpaired) electrons. The second-order valence-corrected chi connectivity index (χ2v) is 6.19. The summed E-state index contributed by atoms with van der Waals surface area (Å²) in [4.78, 5) is 11.7. The lowest BCUT2D eigenvalue weighted by atomic mass is 10.1. The van der Waals surface area contributed by atoms with Gasteiger partial charge in [0.15, 0.2) is 0 Å². The molecule has 0 saturated heterocycles. The first kappa shape index (κ1) is 15.6. The molecule has 2 N–H and O–H groups in total. The molecule has 0 aliphatic rings. The largest absolute Gasteiger partial charge is 0.411 e. The summed E-state index contributed by atoms with van der Waals surface area (Å²) in [6.07, 6.45) is 0. The first-order valence-electron chi connectivity index (χ1n) is 6.74. The molecule has 1 unspecified atom stereocenters. The third-order valence-corrected chi connectivity index (χ3v) is 4.40. The molecule has 0 aliphatic carbocycles. The van der Waals surface area contributed by atoms with Gasteiger partial charge in [-0.3, -0.25) is 4.79 Å². The molecule has 23 heavy (non-hydrogen) atoms. The number of carbonyl (C=O) groups excluding carboxylic acids is 1. The van der Waals surface area contributed by atoms with E-state index in [0.717, 1.165) is 17.3 Å². The van der Waals surface area contributed by atoms with Crippen molar-refractivity contribution in [2.75, 3.05) is 0 Å². The Bertz CT molecular complexity index is 823. The summed E-state index contributed by atoms with van der Waals surface area (Å²) in [5, 5.41) is 8.21. The highest BCUT2D eigenvalue weighted by molar-refractivity contribution is 8.00. The summed E-state index contributed by atoms with van der Waals surface area (Å²) in [6, 6.07) is 16.3. The molecular weight excluding hydrogens is 334 g/mol. The van der Waals surface area contributed by atoms with E-state index in [9.17, 15) is 4.79 Å². The van der Waals surface area contributed by atoms with E-state index in [2.05, 4.69) is 10.2 Å². The van der Waals surface area contributed by atoms with Crippen molar-refractivity contribution in [3.05, 3.63) is 65.2 Å². The van der Waals surface area contributed by atoms with E-state index in [1.165, 1.54) is 0 Å². The minimum absolute atomic E-state index is 0.271. The fourth-order valence-corrected chi connectivity index (χ4v) is 3.03. The third-order valence-electron chi connectivity index (χ3n) is 3.06. The van der Waals surface area contributed by atoms with Crippen LogP contribution in [0.2, 0.25) is 5.02 Å². The highest BCUT2D eigenvalue weighted by Crippen LogP contribution is 2.35. The molecule has 3 rings (SSSR count). The number of carbonyl (C=O) groups is 1. The van der Waals surface area contributed by atoms with Crippen LogP contribution in [0.15, 0.2) is 64.2 Å². The number of nitrogens with zero attached hydrogens (tertiary/aromatic N) is 2. The lowest BCUT2D eigenvalue weighted by Crippen LogP contribution is -2.18. The van der Waals surface area contributed by atoms with Gasteiger partial charge in [-0.15, -0.1) is 10.2 Å². The number of hydrogen-bond donors (Lipinski definition) is 1. The van der Waals surface area contributed by atoms with Gasteiger partial charge in [0.2, 0.25) is 11.8 Å². The molecule has 0 bridgehead atoms. The van der Waals surface area contributed by atoms with Crippen LogP contribution in [0.4, 0.5) is 0 Å². The van der Waals surface area contributed by atoms with E-state index in [1.807, 2.05) is 36.4 Å². The molecule has 7 heteroatoms. The summed E-state index contributed by atoms with van der Waals surface area (Å²) < 4.78 is 5.60. The third kappa shape index (κ3) is 3.72. The quantitative estimate of drug-likeness (QED) is 0.713. The SMILES string of the molecule is NC(=O)C(Sc1nnc(-c2cccc(Cl)c2)o1)c1ccccc1. The Morgan fingerprint density at radius 2 is 1.91 bits per heavy atom. The van der Waals surface area contributed by atoms with Crippen molar-refractivity contribution in [1.29, 1.82) is 0 Å². The molecule has 116 valence electrons. The molecule has 1 heterocycles. The summed E-state index contributed by atoms with van der Waals surface area (Å²) >= 11 is 7.07. The van der Waals surface area contributed by atoms with Crippen LogP contribution in [-0.2, 0) is 4.79 Å². The number of nitrogens with two attached hydrogens (primary N) is 1. The fraction of sp³-hybridized carbons (Fsp3) is 0.0625. The number of halogens is 1. The normalized spacial score (nSPS) is 12.0. The zero-order valence-corrected chi connectivity index (χ0v) is 13.4. The summed E-state index contributed by atoms with van der Waals surface area (Å²) in [6.45, 7) is 0. The van der Waals surface area contributed by atoms with E-state index in [-0.39, 0.29) is 5.22 Å². The van der Waals surface area contributed by atoms with Crippen molar-refractivity contribution in [3.8, 4) is 11.5 Å². The van der Waals surface area contributed by atoms with Gasteiger partial charge in [-0.2, -0.15) is 0 Å². The Labute approximate surface area is 141 Å². The highest BCUT2D eigenvalue weighted by Gasteiger charge is 2.22. The standard InChI is InChI=1S/C16H12ClN3O2S/c17-12-8-4-7-11(9-12)15-19-20-16(22-15)23-13(14(18)21)10-5-2-1-3-6-10/h1-9,13H,(H2,18,21). The Morgan fingerprint density at radius 1 is 1.13 bits per heavy atom. The Morgan fingerprint density at radius 3 is 2.61 bits per heavy atom. The molecule has 2 aromatic carbocycles. The molecular formula is C16H12ClN3O2S. The number of hydrogen-bond acceptors (Lipinski definition) is 5. The molecule has 0 saturated carbocycles. The average molecular weight is 346 g/mol. The van der Waals surface area contributed by atoms with Gasteiger partial charge in [0, 0.05) is 10.6 Å². The maximum Gasteiger partial charge on any atom is 0.277 e. The predicted molar refractivity (Wildman–Crippen MR) is 89.0 cm³/mol. The van der Waals surface area contributed by atoms with E-state index in [0.29, 0.717) is 16.5 Å². The van der Waals surface area contributed by atoms with Crippen molar-refractivity contribution in [2.24, 2.45) is 5.73 Å². The number of aromatic nitrogens is 2. The lowest BCUT2D eigenvalue weighted by molar-refractivity contribution is -0.117. The molecule has 0 fully saturated rings. The van der Waals surface area contributed by atoms with Gasteiger partial charge in [0.25, 0.3) is 5.22 Å². The van der Waals surface area contributed by atoms with Crippen LogP contribution in [0.5, 0.6) is 0 Å². The second kappa shape index (κ2) is 6.85. The maximum absolute atomic E-state index is 11.7. The highest BCUT2D eigenvalue weighted by atomic mass is 35.5. The summed E-state index contributed by atoms with van der Waals surface area (Å²) in [5.41, 5.74) is 6.99. The molecule has 1 amide bonds. The van der Waals surface area contributed by atoms with Gasteiger partial charge in [0.1, 0.15) is 5.25 Å². The van der Waals surface area contributed by atoms with Crippen LogP contribution in [0.3, 0.4) is 0 Å². The van der Waals surface area contributed by atoms with Crippen molar-refractivity contribution < 1.29 is 9.21 Å². The zero-order valence-electron chi connectivity index (χ0n) is 11.8. The van der Waals surface area contributed by atoms with Crippen LogP contribution < -0.4 is 5.73 Å². The van der Waals surface area contributed by atoms with Crippen LogP contribution in [-0.4, -0.2) is 16.1 Å². The fourth-order valence-electron chi connectivity index (χ4n) is 2.01. The van der Waals surface area contributed by atoms with Crippen LogP contribution in [0.1, 0.15) is 10.8 Å². The average Bonchev–Trinajstić information content (AvgIpc) is 3.02. The van der Waals surface area contributed by atoms with Crippen molar-refractivity contribution in [3.63, 3.8) is 0 Å². The van der Waals surface area contributed by atoms with Gasteiger partial charge >= 0.3 is 0 Å². The molecule has 5 nitrogen and oxygen atoms in total. The first-order valence-corrected chi connectivity index (χ1v) is 7.99. The van der Waals surface area contributed by atoms with Gasteiger partial charge in [-0.1, -0.05) is 48.0 Å². The van der Waals surface area contributed by atoms with E-state index in [4.69, 9.17) is 21.8 Å². The minimum atomic E-state index is -0.594. The molecule has 0 aliphatic heterocycles. The predicted octanol–water partition coefficient (Wildman–Crippen LogP) is 3.71. The van der Waals surface area contributed by atoms with Crippen LogP contribution in [0.25, 0.3) is 11.5 Å². The Kier molecular flexibility index (Phi) is 4.64. The number of rotatable bonds is 5. The van der Waals surface area contributed by atoms with E-state index >= 15 is 0 Å². The number of benzene rings is 2. The summed E-state index contributed by atoms with van der Waals surface area (Å²) in [7, 11) is 0. The van der Waals surface area contributed by atoms with Gasteiger partial charge < -0.3 is 10.2 Å². The molecule has 0 spiro atoms. The second-order valence-electron chi connectivity index (χ2n) is 4.69. The smallest absolute Gasteiger partial charge is 0.277 e. The molecule has 1 aromatic heterocycles. The minimum Gasteiger partial charge on any atom is -0.411 e. The zero-order chi connectivity index (χ0) is 16.2. The van der Waals surface area contributed by atoms with Crippen LogP contribution in [0, 0.1) is 0 Å². The topological polar surface area (TPSA) is 82.0 Å². The van der Waals surface area contributed by atoms with Crippen molar-refractivity contribution in [2.45, 2.75) is 10.5 Å². The number of primary amides is 1. The molecule has 1 atom stereocenters. The number of thioether (sulfide) groups is 1. The number of amides is 1. The monoisotopic (exact) mass is 345 g/mol. The molecule has 3 aromatic rings. The van der Waals surface area contributed by atoms with Crippen molar-refractivity contribution >= 4 is 29.3 Å². The van der Waals surface area contributed by atoms with E-state index < -0.39 is 11.2 Å². The Balaban J connectivity index is 1.84. The maximum atomic E-state index is 11.7. The van der Waals surface area contributed by atoms with Gasteiger partial charge in [0.05, 0.1) is 0 Å². The first-order chi connectivity index (χ1) is 11.1. The van der Waals surface area contributed by atoms with Crippen LogP contribution >= 0.6 is 23.4 Å². The lowest BCUT2D eigenvalue weighted by Gasteiger charge is -2.10.